The Kier molecular flexibility index (Phi) is 5.13. The van der Waals surface area contributed by atoms with Gasteiger partial charge in [-0.1, -0.05) is 0 Å². The van der Waals surface area contributed by atoms with E-state index in [-0.39, 0.29) is 0 Å². The van der Waals surface area contributed by atoms with Crippen LogP contribution in [-0.4, -0.2) is 61.2 Å². The summed E-state index contributed by atoms with van der Waals surface area (Å²) < 4.78 is 5.56. The van der Waals surface area contributed by atoms with E-state index in [9.17, 15) is 0 Å². The lowest BCUT2D eigenvalue weighted by atomic mass is 10.3. The number of aromatic nitrogens is 1. The molecule has 0 aromatic carbocycles. The van der Waals surface area contributed by atoms with Gasteiger partial charge in [-0.15, -0.1) is 0 Å². The molecule has 0 amide bonds. The number of nitriles is 1. The summed E-state index contributed by atoms with van der Waals surface area (Å²) in [4.78, 5) is 8.90. The quantitative estimate of drug-likeness (QED) is 0.738. The summed E-state index contributed by atoms with van der Waals surface area (Å²) in [5.41, 5.74) is 0.560. The Morgan fingerprint density at radius 3 is 2.74 bits per heavy atom. The molecule has 1 aliphatic rings. The third-order valence-electron chi connectivity index (χ3n) is 3.33. The van der Waals surface area contributed by atoms with Crippen LogP contribution in [0.3, 0.4) is 0 Å². The molecule has 5 nitrogen and oxygen atoms in total. The molecule has 1 aliphatic heterocycles. The Hall–Kier alpha value is -1.64. The van der Waals surface area contributed by atoms with E-state index >= 15 is 0 Å². The molecule has 0 N–H and O–H groups in total. The van der Waals surface area contributed by atoms with Crippen LogP contribution >= 0.6 is 0 Å². The Morgan fingerprint density at radius 2 is 2.11 bits per heavy atom. The number of ether oxygens (including phenoxy) is 1. The van der Waals surface area contributed by atoms with Crippen molar-refractivity contribution in [1.29, 1.82) is 5.26 Å². The van der Waals surface area contributed by atoms with Crippen molar-refractivity contribution in [2.24, 2.45) is 0 Å². The second-order valence-electron chi connectivity index (χ2n) is 4.84. The van der Waals surface area contributed by atoms with Crippen molar-refractivity contribution in [2.75, 3.05) is 46.4 Å². The van der Waals surface area contributed by atoms with E-state index in [1.165, 1.54) is 6.20 Å². The third kappa shape index (κ3) is 4.51. The summed E-state index contributed by atoms with van der Waals surface area (Å²) in [6.45, 7) is 6.34. The first-order valence-corrected chi connectivity index (χ1v) is 6.68. The summed E-state index contributed by atoms with van der Waals surface area (Å²) >= 11 is 0. The van der Waals surface area contributed by atoms with Gasteiger partial charge in [0.25, 0.3) is 0 Å². The van der Waals surface area contributed by atoms with Crippen LogP contribution in [0.25, 0.3) is 0 Å². The predicted octanol–water partition coefficient (Wildman–Crippen LogP) is 0.970. The molecule has 2 rings (SSSR count). The van der Waals surface area contributed by atoms with Crippen molar-refractivity contribution < 1.29 is 4.74 Å². The predicted molar refractivity (Wildman–Crippen MR) is 73.0 cm³/mol. The largest absolute Gasteiger partial charge is 0.478 e. The molecule has 0 radical (unpaired) electrons. The number of rotatable bonds is 5. The third-order valence-corrected chi connectivity index (χ3v) is 3.33. The molecule has 0 aliphatic carbocycles. The van der Waals surface area contributed by atoms with Crippen molar-refractivity contribution in [3.63, 3.8) is 0 Å². The first kappa shape index (κ1) is 13.8. The highest BCUT2D eigenvalue weighted by atomic mass is 16.5. The minimum absolute atomic E-state index is 0.560. The molecule has 0 bridgehead atoms. The molecule has 1 saturated heterocycles. The molecule has 19 heavy (non-hydrogen) atoms. The molecular formula is C14H20N4O. The molecule has 1 aromatic heterocycles. The normalized spacial score (nSPS) is 17.1. The van der Waals surface area contributed by atoms with Gasteiger partial charge in [-0.25, -0.2) is 4.98 Å². The summed E-state index contributed by atoms with van der Waals surface area (Å²) in [5, 5.41) is 8.67. The molecule has 0 atom stereocenters. The number of pyridine rings is 1. The Morgan fingerprint density at radius 1 is 1.32 bits per heavy atom. The van der Waals surface area contributed by atoms with Gasteiger partial charge < -0.3 is 14.5 Å². The number of hydrogen-bond donors (Lipinski definition) is 0. The van der Waals surface area contributed by atoms with Crippen LogP contribution < -0.4 is 4.74 Å². The van der Waals surface area contributed by atoms with Crippen molar-refractivity contribution in [1.82, 2.24) is 14.8 Å². The Balaban J connectivity index is 1.62. The number of hydrogen-bond acceptors (Lipinski definition) is 5. The zero-order chi connectivity index (χ0) is 13.5. The van der Waals surface area contributed by atoms with Crippen LogP contribution in [0.4, 0.5) is 0 Å². The van der Waals surface area contributed by atoms with E-state index in [0.29, 0.717) is 18.1 Å². The van der Waals surface area contributed by atoms with Crippen LogP contribution in [0.2, 0.25) is 0 Å². The zero-order valence-electron chi connectivity index (χ0n) is 11.4. The molecule has 0 spiro atoms. The van der Waals surface area contributed by atoms with Crippen LogP contribution in [0.1, 0.15) is 12.0 Å². The van der Waals surface area contributed by atoms with E-state index in [1.807, 2.05) is 6.07 Å². The molecule has 5 heteroatoms. The number of nitrogens with zero attached hydrogens (tertiary/aromatic N) is 4. The van der Waals surface area contributed by atoms with Gasteiger partial charge in [-0.05, 0) is 19.5 Å². The number of likely N-dealkylation sites (N-methyl/N-ethyl adjacent to an activating group) is 1. The van der Waals surface area contributed by atoms with Gasteiger partial charge in [0.2, 0.25) is 5.88 Å². The lowest BCUT2D eigenvalue weighted by Gasteiger charge is -2.32. The maximum Gasteiger partial charge on any atom is 0.213 e. The molecule has 2 heterocycles. The second kappa shape index (κ2) is 7.07. The van der Waals surface area contributed by atoms with E-state index in [0.717, 1.165) is 39.1 Å². The maximum atomic E-state index is 8.67. The van der Waals surface area contributed by atoms with Crippen LogP contribution in [-0.2, 0) is 0 Å². The molecule has 102 valence electrons. The molecule has 0 unspecified atom stereocenters. The first-order chi connectivity index (χ1) is 9.28. The fourth-order valence-corrected chi connectivity index (χ4v) is 2.07. The van der Waals surface area contributed by atoms with Gasteiger partial charge in [-0.3, -0.25) is 0 Å². The molecule has 1 aromatic rings. The Labute approximate surface area is 114 Å². The van der Waals surface area contributed by atoms with Gasteiger partial charge in [0.05, 0.1) is 12.2 Å². The highest BCUT2D eigenvalue weighted by Gasteiger charge is 2.12. The standard InChI is InChI=1S/C14H20N4O/c1-17-6-8-18(9-7-17)5-2-10-19-14-4-3-13(11-15)12-16-14/h3-4,12H,2,5-10H2,1H3. The van der Waals surface area contributed by atoms with Crippen molar-refractivity contribution in [2.45, 2.75) is 6.42 Å². The minimum Gasteiger partial charge on any atom is -0.478 e. The fraction of sp³-hybridized carbons (Fsp3) is 0.571. The van der Waals surface area contributed by atoms with Gasteiger partial charge in [-0.2, -0.15) is 5.26 Å². The maximum absolute atomic E-state index is 8.67. The first-order valence-electron chi connectivity index (χ1n) is 6.68. The van der Waals surface area contributed by atoms with Crippen LogP contribution in [0, 0.1) is 11.3 Å². The zero-order valence-corrected chi connectivity index (χ0v) is 11.4. The van der Waals surface area contributed by atoms with Crippen molar-refractivity contribution in [3.05, 3.63) is 23.9 Å². The highest BCUT2D eigenvalue weighted by molar-refractivity contribution is 5.28. The van der Waals surface area contributed by atoms with E-state index in [2.05, 4.69) is 21.8 Å². The number of piperazine rings is 1. The minimum atomic E-state index is 0.560. The van der Waals surface area contributed by atoms with Gasteiger partial charge in [0.1, 0.15) is 6.07 Å². The average molecular weight is 260 g/mol. The van der Waals surface area contributed by atoms with Crippen molar-refractivity contribution >= 4 is 0 Å². The molecule has 1 fully saturated rings. The van der Waals surface area contributed by atoms with E-state index < -0.39 is 0 Å². The molecular weight excluding hydrogens is 240 g/mol. The monoisotopic (exact) mass is 260 g/mol. The van der Waals surface area contributed by atoms with Crippen LogP contribution in [0.15, 0.2) is 18.3 Å². The molecule has 0 saturated carbocycles. The van der Waals surface area contributed by atoms with E-state index in [4.69, 9.17) is 10.00 Å². The summed E-state index contributed by atoms with van der Waals surface area (Å²) in [7, 11) is 2.16. The topological polar surface area (TPSA) is 52.4 Å². The fourth-order valence-electron chi connectivity index (χ4n) is 2.07. The summed E-state index contributed by atoms with van der Waals surface area (Å²) in [6, 6.07) is 5.51. The SMILES string of the molecule is CN1CCN(CCCOc2ccc(C#N)cn2)CC1. The van der Waals surface area contributed by atoms with Gasteiger partial charge in [0, 0.05) is 45.0 Å². The summed E-state index contributed by atoms with van der Waals surface area (Å²) in [6.07, 6.45) is 2.54. The average Bonchev–Trinajstić information content (AvgIpc) is 2.46. The lowest BCUT2D eigenvalue weighted by Crippen LogP contribution is -2.44. The Bertz CT molecular complexity index is 418. The second-order valence-corrected chi connectivity index (χ2v) is 4.84. The van der Waals surface area contributed by atoms with Gasteiger partial charge in [0.15, 0.2) is 0 Å². The smallest absolute Gasteiger partial charge is 0.213 e. The van der Waals surface area contributed by atoms with Crippen molar-refractivity contribution in [3.8, 4) is 11.9 Å². The van der Waals surface area contributed by atoms with Gasteiger partial charge >= 0.3 is 0 Å². The highest BCUT2D eigenvalue weighted by Crippen LogP contribution is 2.07. The van der Waals surface area contributed by atoms with E-state index in [1.54, 1.807) is 12.1 Å². The summed E-state index contributed by atoms with van der Waals surface area (Å²) in [5.74, 6) is 0.595. The van der Waals surface area contributed by atoms with Crippen LogP contribution in [0.5, 0.6) is 5.88 Å². The lowest BCUT2D eigenvalue weighted by molar-refractivity contribution is 0.145.